The molecular formula is C27H33N3O4. The Hall–Kier alpha value is -3.22. The number of hydrogen-bond donors (Lipinski definition) is 1. The number of ether oxygens (including phenoxy) is 2. The summed E-state index contributed by atoms with van der Waals surface area (Å²) < 4.78 is 11.2. The molecule has 0 bridgehead atoms. The van der Waals surface area contributed by atoms with Gasteiger partial charge in [-0.15, -0.1) is 0 Å². The molecule has 2 saturated heterocycles. The number of nitrogens with zero attached hydrogens (tertiary/aromatic N) is 2. The highest BCUT2D eigenvalue weighted by Gasteiger charge is 2.49. The Bertz CT molecular complexity index is 1060. The lowest BCUT2D eigenvalue weighted by atomic mass is 9.76. The van der Waals surface area contributed by atoms with Gasteiger partial charge in [0.15, 0.2) is 11.5 Å². The Labute approximate surface area is 201 Å². The molecule has 2 aromatic carbocycles. The van der Waals surface area contributed by atoms with Crippen LogP contribution in [0.4, 0.5) is 4.79 Å². The van der Waals surface area contributed by atoms with Gasteiger partial charge in [-0.2, -0.15) is 0 Å². The van der Waals surface area contributed by atoms with E-state index in [-0.39, 0.29) is 29.9 Å². The number of hydrogen-bond acceptors (Lipinski definition) is 4. The van der Waals surface area contributed by atoms with Crippen LogP contribution < -0.4 is 14.8 Å². The highest BCUT2D eigenvalue weighted by Crippen LogP contribution is 2.47. The molecule has 0 unspecified atom stereocenters. The number of rotatable bonds is 5. The van der Waals surface area contributed by atoms with Crippen LogP contribution in [0.3, 0.4) is 0 Å². The van der Waals surface area contributed by atoms with Crippen LogP contribution >= 0.6 is 0 Å². The first-order valence-electron chi connectivity index (χ1n) is 12.2. The van der Waals surface area contributed by atoms with Gasteiger partial charge in [-0.25, -0.2) is 4.79 Å². The van der Waals surface area contributed by atoms with Crippen LogP contribution in [0.1, 0.15) is 42.0 Å². The zero-order chi connectivity index (χ0) is 23.7. The number of carbonyl (C=O) groups excluding carboxylic acids is 2. The summed E-state index contributed by atoms with van der Waals surface area (Å²) in [5, 5.41) is 3.10. The second-order valence-electron chi connectivity index (χ2n) is 9.38. The SMILES string of the molecule is COc1ccc2c(c1OC)CCN1C(=O)[C@@H]3CCCN(C(=O)NCCc4ccccc4)[C@@H]3C[C@H]21. The molecule has 0 aromatic heterocycles. The molecule has 3 atom stereocenters. The van der Waals surface area contributed by atoms with Gasteiger partial charge >= 0.3 is 6.03 Å². The van der Waals surface area contributed by atoms with Crippen LogP contribution in [0, 0.1) is 5.92 Å². The van der Waals surface area contributed by atoms with E-state index in [4.69, 9.17) is 9.47 Å². The van der Waals surface area contributed by atoms with Gasteiger partial charge in [-0.1, -0.05) is 36.4 Å². The lowest BCUT2D eigenvalue weighted by Crippen LogP contribution is -2.61. The van der Waals surface area contributed by atoms with Crippen molar-refractivity contribution in [1.29, 1.82) is 0 Å². The first-order chi connectivity index (χ1) is 16.6. The van der Waals surface area contributed by atoms with Crippen molar-refractivity contribution in [3.63, 3.8) is 0 Å². The van der Waals surface area contributed by atoms with Gasteiger partial charge in [0.05, 0.1) is 26.2 Å². The Morgan fingerprint density at radius 2 is 1.91 bits per heavy atom. The molecule has 3 amide bonds. The van der Waals surface area contributed by atoms with Crippen molar-refractivity contribution in [1.82, 2.24) is 15.1 Å². The first-order valence-corrected chi connectivity index (χ1v) is 12.2. The molecule has 180 valence electrons. The Balaban J connectivity index is 1.35. The zero-order valence-corrected chi connectivity index (χ0v) is 20.0. The standard InChI is InChI=1S/C27H33N3O4/c1-33-24-11-10-19-20(25(24)34-2)13-16-29-22(19)17-23-21(26(29)31)9-6-15-30(23)27(32)28-14-12-18-7-4-3-5-8-18/h3-5,7-8,10-11,21-23H,6,9,12-17H2,1-2H3,(H,28,32)/t21-,22-,23-/m1/s1. The number of piperidine rings is 2. The number of fused-ring (bicyclic) bond motifs is 4. The van der Waals surface area contributed by atoms with Crippen LogP contribution in [-0.4, -0.2) is 61.6 Å². The molecule has 7 heteroatoms. The molecule has 0 saturated carbocycles. The molecule has 0 spiro atoms. The number of benzene rings is 2. The number of methoxy groups -OCH3 is 2. The Morgan fingerprint density at radius 3 is 2.68 bits per heavy atom. The van der Waals surface area contributed by atoms with Crippen LogP contribution in [-0.2, 0) is 17.6 Å². The van der Waals surface area contributed by atoms with E-state index in [1.807, 2.05) is 34.1 Å². The van der Waals surface area contributed by atoms with Gasteiger partial charge in [0.25, 0.3) is 0 Å². The predicted molar refractivity (Wildman–Crippen MR) is 129 cm³/mol. The lowest BCUT2D eigenvalue weighted by Gasteiger charge is -2.51. The maximum absolute atomic E-state index is 13.6. The summed E-state index contributed by atoms with van der Waals surface area (Å²) in [5.74, 6) is 1.54. The summed E-state index contributed by atoms with van der Waals surface area (Å²) in [5.41, 5.74) is 3.43. The molecule has 0 radical (unpaired) electrons. The van der Waals surface area contributed by atoms with E-state index >= 15 is 0 Å². The van der Waals surface area contributed by atoms with Crippen LogP contribution in [0.15, 0.2) is 42.5 Å². The summed E-state index contributed by atoms with van der Waals surface area (Å²) in [6.07, 6.45) is 4.00. The van der Waals surface area contributed by atoms with Crippen molar-refractivity contribution in [3.05, 3.63) is 59.2 Å². The van der Waals surface area contributed by atoms with Gasteiger partial charge in [0.1, 0.15) is 0 Å². The fraction of sp³-hybridized carbons (Fsp3) is 0.481. The summed E-state index contributed by atoms with van der Waals surface area (Å²) in [6.45, 7) is 1.95. The molecule has 1 N–H and O–H groups in total. The molecule has 34 heavy (non-hydrogen) atoms. The number of amides is 3. The van der Waals surface area contributed by atoms with Gasteiger partial charge in [0.2, 0.25) is 5.91 Å². The minimum atomic E-state index is -0.119. The van der Waals surface area contributed by atoms with Crippen molar-refractivity contribution in [3.8, 4) is 11.5 Å². The minimum absolute atomic E-state index is 0.0463. The number of carbonyl (C=O) groups is 2. The highest BCUT2D eigenvalue weighted by atomic mass is 16.5. The molecule has 5 rings (SSSR count). The van der Waals surface area contributed by atoms with E-state index < -0.39 is 0 Å². The van der Waals surface area contributed by atoms with Crippen LogP contribution in [0.2, 0.25) is 0 Å². The largest absolute Gasteiger partial charge is 0.493 e. The van der Waals surface area contributed by atoms with Crippen molar-refractivity contribution in [2.75, 3.05) is 33.9 Å². The van der Waals surface area contributed by atoms with E-state index in [9.17, 15) is 9.59 Å². The predicted octanol–water partition coefficient (Wildman–Crippen LogP) is 3.57. The topological polar surface area (TPSA) is 71.1 Å². The van der Waals surface area contributed by atoms with Crippen molar-refractivity contribution in [2.24, 2.45) is 5.92 Å². The Kier molecular flexibility index (Phi) is 6.35. The fourth-order valence-electron chi connectivity index (χ4n) is 6.04. The van der Waals surface area contributed by atoms with Gasteiger partial charge in [-0.05, 0) is 49.3 Å². The van der Waals surface area contributed by atoms with E-state index in [0.29, 0.717) is 25.4 Å². The summed E-state index contributed by atoms with van der Waals surface area (Å²) in [6, 6.07) is 14.0. The third-order valence-corrected chi connectivity index (χ3v) is 7.66. The second-order valence-corrected chi connectivity index (χ2v) is 9.38. The molecule has 2 fully saturated rings. The normalized spacial score (nSPS) is 23.5. The van der Waals surface area contributed by atoms with Crippen LogP contribution in [0.5, 0.6) is 11.5 Å². The van der Waals surface area contributed by atoms with E-state index in [0.717, 1.165) is 49.0 Å². The average molecular weight is 464 g/mol. The molecule has 2 aromatic rings. The Morgan fingerprint density at radius 1 is 1.09 bits per heavy atom. The molecule has 7 nitrogen and oxygen atoms in total. The maximum atomic E-state index is 13.6. The van der Waals surface area contributed by atoms with Gasteiger partial charge in [-0.3, -0.25) is 4.79 Å². The third-order valence-electron chi connectivity index (χ3n) is 7.66. The summed E-state index contributed by atoms with van der Waals surface area (Å²) in [4.78, 5) is 30.7. The monoisotopic (exact) mass is 463 g/mol. The first kappa shape index (κ1) is 22.6. The van der Waals surface area contributed by atoms with Crippen LogP contribution in [0.25, 0.3) is 0 Å². The van der Waals surface area contributed by atoms with Gasteiger partial charge < -0.3 is 24.6 Å². The highest BCUT2D eigenvalue weighted by molar-refractivity contribution is 5.84. The van der Waals surface area contributed by atoms with Crippen molar-refractivity contribution < 1.29 is 19.1 Å². The molecule has 3 aliphatic heterocycles. The summed E-state index contributed by atoms with van der Waals surface area (Å²) in [7, 11) is 3.31. The third kappa shape index (κ3) is 3.97. The quantitative estimate of drug-likeness (QED) is 0.736. The van der Waals surface area contributed by atoms with E-state index in [1.165, 1.54) is 5.56 Å². The lowest BCUT2D eigenvalue weighted by molar-refractivity contribution is -0.148. The molecule has 3 aliphatic rings. The molecular weight excluding hydrogens is 430 g/mol. The van der Waals surface area contributed by atoms with Gasteiger partial charge in [0, 0.05) is 31.2 Å². The fourth-order valence-corrected chi connectivity index (χ4v) is 6.04. The number of urea groups is 1. The molecule has 0 aliphatic carbocycles. The second kappa shape index (κ2) is 9.57. The van der Waals surface area contributed by atoms with Crippen molar-refractivity contribution >= 4 is 11.9 Å². The maximum Gasteiger partial charge on any atom is 0.317 e. The van der Waals surface area contributed by atoms with E-state index in [1.54, 1.807) is 14.2 Å². The molecule has 3 heterocycles. The number of likely N-dealkylation sites (tertiary alicyclic amines) is 1. The zero-order valence-electron chi connectivity index (χ0n) is 20.0. The average Bonchev–Trinajstić information content (AvgIpc) is 2.88. The number of nitrogens with one attached hydrogen (secondary N) is 1. The van der Waals surface area contributed by atoms with Crippen molar-refractivity contribution in [2.45, 2.75) is 44.2 Å². The smallest absolute Gasteiger partial charge is 0.317 e. The summed E-state index contributed by atoms with van der Waals surface area (Å²) >= 11 is 0. The van der Waals surface area contributed by atoms with E-state index in [2.05, 4.69) is 23.5 Å². The minimum Gasteiger partial charge on any atom is -0.493 e.